The van der Waals surface area contributed by atoms with Crippen LogP contribution in [0.2, 0.25) is 0 Å². The Labute approximate surface area is 95.7 Å². The van der Waals surface area contributed by atoms with Crippen molar-refractivity contribution in [3.8, 4) is 0 Å². The molecular formula is C12H17N3O. The van der Waals surface area contributed by atoms with Crippen LogP contribution in [0.5, 0.6) is 0 Å². The standard InChI is InChI=1S/C12H17N3O/c1-13-8-12(16)15(11-5-6-11)9-10-4-2-3-7-14-10/h2-4,7,11,13H,5-6,8-9H2,1H3. The largest absolute Gasteiger partial charge is 0.333 e. The Morgan fingerprint density at radius 1 is 1.56 bits per heavy atom. The van der Waals surface area contributed by atoms with Crippen LogP contribution >= 0.6 is 0 Å². The van der Waals surface area contributed by atoms with E-state index in [0.29, 0.717) is 19.1 Å². The van der Waals surface area contributed by atoms with Crippen LogP contribution in [0.3, 0.4) is 0 Å². The molecule has 1 N–H and O–H groups in total. The summed E-state index contributed by atoms with van der Waals surface area (Å²) in [4.78, 5) is 18.1. The first-order valence-electron chi connectivity index (χ1n) is 5.65. The molecule has 1 aromatic rings. The first-order chi connectivity index (χ1) is 7.81. The van der Waals surface area contributed by atoms with Gasteiger partial charge in [0, 0.05) is 12.2 Å². The molecule has 4 nitrogen and oxygen atoms in total. The molecule has 0 spiro atoms. The molecule has 1 aromatic heterocycles. The van der Waals surface area contributed by atoms with Crippen molar-refractivity contribution in [1.29, 1.82) is 0 Å². The number of hydrogen-bond donors (Lipinski definition) is 1. The summed E-state index contributed by atoms with van der Waals surface area (Å²) < 4.78 is 0. The lowest BCUT2D eigenvalue weighted by molar-refractivity contribution is -0.131. The van der Waals surface area contributed by atoms with Gasteiger partial charge in [-0.25, -0.2) is 0 Å². The third-order valence-electron chi connectivity index (χ3n) is 2.69. The Hall–Kier alpha value is -1.42. The molecule has 1 amide bonds. The van der Waals surface area contributed by atoms with Gasteiger partial charge in [-0.05, 0) is 32.0 Å². The van der Waals surface area contributed by atoms with Crippen molar-refractivity contribution in [2.24, 2.45) is 0 Å². The number of pyridine rings is 1. The van der Waals surface area contributed by atoms with Gasteiger partial charge in [0.2, 0.25) is 5.91 Å². The van der Waals surface area contributed by atoms with Gasteiger partial charge in [-0.3, -0.25) is 9.78 Å². The summed E-state index contributed by atoms with van der Waals surface area (Å²) in [5.74, 6) is 0.163. The van der Waals surface area contributed by atoms with Gasteiger partial charge in [0.25, 0.3) is 0 Å². The maximum atomic E-state index is 11.9. The Kier molecular flexibility index (Phi) is 3.51. The molecule has 0 atom stereocenters. The second-order valence-electron chi connectivity index (χ2n) is 4.10. The third kappa shape index (κ3) is 2.79. The Morgan fingerprint density at radius 2 is 2.38 bits per heavy atom. The molecule has 1 fully saturated rings. The molecule has 1 saturated carbocycles. The number of nitrogens with zero attached hydrogens (tertiary/aromatic N) is 2. The fourth-order valence-corrected chi connectivity index (χ4v) is 1.73. The molecule has 0 aromatic carbocycles. The van der Waals surface area contributed by atoms with Crippen LogP contribution in [0.25, 0.3) is 0 Å². The van der Waals surface area contributed by atoms with Gasteiger partial charge in [0.1, 0.15) is 0 Å². The van der Waals surface area contributed by atoms with Gasteiger partial charge in [-0.1, -0.05) is 6.07 Å². The van der Waals surface area contributed by atoms with E-state index in [1.807, 2.05) is 23.1 Å². The molecule has 86 valence electrons. The molecule has 0 aliphatic heterocycles. The van der Waals surface area contributed by atoms with Gasteiger partial charge in [-0.2, -0.15) is 0 Å². The highest BCUT2D eigenvalue weighted by molar-refractivity contribution is 5.78. The smallest absolute Gasteiger partial charge is 0.237 e. The number of hydrogen-bond acceptors (Lipinski definition) is 3. The van der Waals surface area contributed by atoms with Crippen molar-refractivity contribution < 1.29 is 4.79 Å². The number of aromatic nitrogens is 1. The van der Waals surface area contributed by atoms with Gasteiger partial charge >= 0.3 is 0 Å². The first-order valence-corrected chi connectivity index (χ1v) is 5.65. The fourth-order valence-electron chi connectivity index (χ4n) is 1.73. The summed E-state index contributed by atoms with van der Waals surface area (Å²) in [6.07, 6.45) is 4.02. The maximum Gasteiger partial charge on any atom is 0.237 e. The lowest BCUT2D eigenvalue weighted by Crippen LogP contribution is -2.38. The van der Waals surface area contributed by atoms with Crippen LogP contribution in [-0.4, -0.2) is 35.4 Å². The van der Waals surface area contributed by atoms with Gasteiger partial charge in [0.15, 0.2) is 0 Å². The number of likely N-dealkylation sites (N-methyl/N-ethyl adjacent to an activating group) is 1. The van der Waals surface area contributed by atoms with Crippen molar-refractivity contribution in [3.63, 3.8) is 0 Å². The number of amides is 1. The SMILES string of the molecule is CNCC(=O)N(Cc1ccccn1)C1CC1. The molecule has 0 unspecified atom stereocenters. The van der Waals surface area contributed by atoms with E-state index in [9.17, 15) is 4.79 Å². The molecule has 1 aliphatic carbocycles. The Balaban J connectivity index is 2.00. The summed E-state index contributed by atoms with van der Waals surface area (Å²) >= 11 is 0. The van der Waals surface area contributed by atoms with Crippen molar-refractivity contribution in [2.45, 2.75) is 25.4 Å². The van der Waals surface area contributed by atoms with Crippen LogP contribution in [-0.2, 0) is 11.3 Å². The van der Waals surface area contributed by atoms with Crippen molar-refractivity contribution in [1.82, 2.24) is 15.2 Å². The van der Waals surface area contributed by atoms with Crippen LogP contribution in [0, 0.1) is 0 Å². The van der Waals surface area contributed by atoms with E-state index in [1.165, 1.54) is 0 Å². The molecule has 0 saturated heterocycles. The molecule has 1 aliphatic rings. The summed E-state index contributed by atoms with van der Waals surface area (Å²) in [6.45, 7) is 1.04. The van der Waals surface area contributed by atoms with Crippen molar-refractivity contribution in [2.75, 3.05) is 13.6 Å². The fraction of sp³-hybridized carbons (Fsp3) is 0.500. The second kappa shape index (κ2) is 5.07. The zero-order chi connectivity index (χ0) is 11.4. The number of rotatable bonds is 5. The van der Waals surface area contributed by atoms with Gasteiger partial charge in [0.05, 0.1) is 18.8 Å². The average molecular weight is 219 g/mol. The summed E-state index contributed by atoms with van der Waals surface area (Å²) in [6, 6.07) is 6.24. The van der Waals surface area contributed by atoms with Crippen molar-refractivity contribution in [3.05, 3.63) is 30.1 Å². The topological polar surface area (TPSA) is 45.2 Å². The summed E-state index contributed by atoms with van der Waals surface area (Å²) in [5, 5.41) is 2.90. The summed E-state index contributed by atoms with van der Waals surface area (Å²) in [7, 11) is 1.80. The summed E-state index contributed by atoms with van der Waals surface area (Å²) in [5.41, 5.74) is 0.957. The lowest BCUT2D eigenvalue weighted by Gasteiger charge is -2.21. The zero-order valence-electron chi connectivity index (χ0n) is 9.52. The van der Waals surface area contributed by atoms with Crippen LogP contribution in [0.1, 0.15) is 18.5 Å². The Bertz CT molecular complexity index is 349. The Morgan fingerprint density at radius 3 is 2.94 bits per heavy atom. The molecule has 1 heterocycles. The highest BCUT2D eigenvalue weighted by Gasteiger charge is 2.32. The van der Waals surface area contributed by atoms with Crippen LogP contribution < -0.4 is 5.32 Å². The van der Waals surface area contributed by atoms with E-state index < -0.39 is 0 Å². The predicted molar refractivity (Wildman–Crippen MR) is 61.7 cm³/mol. The minimum Gasteiger partial charge on any atom is -0.333 e. The monoisotopic (exact) mass is 219 g/mol. The van der Waals surface area contributed by atoms with Gasteiger partial charge in [-0.15, -0.1) is 0 Å². The minimum absolute atomic E-state index is 0.163. The highest BCUT2D eigenvalue weighted by atomic mass is 16.2. The number of carbonyl (C=O) groups excluding carboxylic acids is 1. The molecule has 0 bridgehead atoms. The van der Waals surface area contributed by atoms with E-state index in [0.717, 1.165) is 18.5 Å². The average Bonchev–Trinajstić information content (AvgIpc) is 3.11. The maximum absolute atomic E-state index is 11.9. The molecule has 2 rings (SSSR count). The van der Waals surface area contributed by atoms with Crippen LogP contribution in [0.4, 0.5) is 0 Å². The predicted octanol–water partition coefficient (Wildman–Crippen LogP) is 0.792. The zero-order valence-corrected chi connectivity index (χ0v) is 9.52. The minimum atomic E-state index is 0.163. The first kappa shape index (κ1) is 11.1. The van der Waals surface area contributed by atoms with Crippen molar-refractivity contribution >= 4 is 5.91 Å². The normalized spacial score (nSPS) is 14.8. The molecule has 4 heteroatoms. The van der Waals surface area contributed by atoms with Gasteiger partial charge < -0.3 is 10.2 Å². The number of nitrogens with one attached hydrogen (secondary N) is 1. The third-order valence-corrected chi connectivity index (χ3v) is 2.69. The van der Waals surface area contributed by atoms with E-state index in [1.54, 1.807) is 13.2 Å². The number of carbonyl (C=O) groups is 1. The molecule has 0 radical (unpaired) electrons. The van der Waals surface area contributed by atoms with E-state index in [4.69, 9.17) is 0 Å². The molecular weight excluding hydrogens is 202 g/mol. The lowest BCUT2D eigenvalue weighted by atomic mass is 10.3. The second-order valence-corrected chi connectivity index (χ2v) is 4.10. The van der Waals surface area contributed by atoms with E-state index in [2.05, 4.69) is 10.3 Å². The van der Waals surface area contributed by atoms with E-state index >= 15 is 0 Å². The quantitative estimate of drug-likeness (QED) is 0.796. The van der Waals surface area contributed by atoms with Crippen LogP contribution in [0.15, 0.2) is 24.4 Å². The molecule has 16 heavy (non-hydrogen) atoms. The van der Waals surface area contributed by atoms with E-state index in [-0.39, 0.29) is 5.91 Å². The highest BCUT2D eigenvalue weighted by Crippen LogP contribution is 2.27.